The number of aromatic nitrogens is 1. The van der Waals surface area contributed by atoms with Crippen LogP contribution in [-0.4, -0.2) is 74.9 Å². The summed E-state index contributed by atoms with van der Waals surface area (Å²) in [5.74, 6) is -0.306. The molecule has 0 unspecified atom stereocenters. The lowest BCUT2D eigenvalue weighted by molar-refractivity contribution is -0.166. The Morgan fingerprint density at radius 3 is 2.50 bits per heavy atom. The zero-order valence-electron chi connectivity index (χ0n) is 24.8. The quantitative estimate of drug-likeness (QED) is 0.400. The van der Waals surface area contributed by atoms with Crippen LogP contribution in [0.3, 0.4) is 0 Å². The third-order valence-corrected chi connectivity index (χ3v) is 9.43. The van der Waals surface area contributed by atoms with Crippen molar-refractivity contribution in [2.45, 2.75) is 95.5 Å². The molecule has 3 aliphatic rings. The van der Waals surface area contributed by atoms with Crippen LogP contribution in [0.4, 0.5) is 0 Å². The lowest BCUT2D eigenvalue weighted by atomic mass is 9.78. The molecule has 3 N–H and O–H groups in total. The van der Waals surface area contributed by atoms with E-state index in [2.05, 4.69) is 27.4 Å². The molecule has 42 heavy (non-hydrogen) atoms. The molecule has 2 saturated heterocycles. The largest absolute Gasteiger partial charge is 0.390 e. The van der Waals surface area contributed by atoms with Gasteiger partial charge in [-0.15, -0.1) is 0 Å². The van der Waals surface area contributed by atoms with E-state index in [0.717, 1.165) is 49.8 Å². The Morgan fingerprint density at radius 1 is 1.10 bits per heavy atom. The van der Waals surface area contributed by atoms with Gasteiger partial charge in [-0.2, -0.15) is 0 Å². The van der Waals surface area contributed by atoms with Crippen LogP contribution in [-0.2, 0) is 22.7 Å². The van der Waals surface area contributed by atoms with Gasteiger partial charge < -0.3 is 20.6 Å². The van der Waals surface area contributed by atoms with Gasteiger partial charge in [0.25, 0.3) is 5.91 Å². The molecule has 1 aromatic carbocycles. The first-order chi connectivity index (χ1) is 20.4. The second-order valence-corrected chi connectivity index (χ2v) is 12.2. The highest BCUT2D eigenvalue weighted by molar-refractivity contribution is 6.00. The summed E-state index contributed by atoms with van der Waals surface area (Å²) in [5, 5.41) is 17.1. The molecule has 5 rings (SSSR count). The van der Waals surface area contributed by atoms with Gasteiger partial charge in [0.1, 0.15) is 11.6 Å². The zero-order chi connectivity index (χ0) is 29.5. The van der Waals surface area contributed by atoms with Gasteiger partial charge in [0.15, 0.2) is 0 Å². The molecule has 3 amide bonds. The molecule has 0 bridgehead atoms. The first-order valence-electron chi connectivity index (χ1n) is 15.7. The normalized spacial score (nSPS) is 22.1. The summed E-state index contributed by atoms with van der Waals surface area (Å²) >= 11 is 0. The van der Waals surface area contributed by atoms with Crippen molar-refractivity contribution >= 4 is 17.7 Å². The number of likely N-dealkylation sites (tertiary alicyclic amines) is 1. The molecule has 1 saturated carbocycles. The van der Waals surface area contributed by atoms with E-state index in [9.17, 15) is 19.5 Å². The molecular weight excluding hydrogens is 530 g/mol. The van der Waals surface area contributed by atoms with Crippen molar-refractivity contribution in [1.29, 1.82) is 0 Å². The molecule has 9 nitrogen and oxygen atoms in total. The maximum absolute atomic E-state index is 13.8. The Bertz CT molecular complexity index is 1210. The van der Waals surface area contributed by atoms with Gasteiger partial charge in [-0.05, 0) is 67.9 Å². The molecule has 9 heteroatoms. The summed E-state index contributed by atoms with van der Waals surface area (Å²) in [5.41, 5.74) is 1.64. The molecule has 2 atom stereocenters. The smallest absolute Gasteiger partial charge is 0.251 e. The second kappa shape index (κ2) is 13.8. The summed E-state index contributed by atoms with van der Waals surface area (Å²) < 4.78 is 0. The van der Waals surface area contributed by atoms with Gasteiger partial charge in [-0.3, -0.25) is 24.3 Å². The molecule has 1 aromatic heterocycles. The fourth-order valence-corrected chi connectivity index (χ4v) is 6.83. The van der Waals surface area contributed by atoms with Crippen LogP contribution in [0.15, 0.2) is 48.7 Å². The number of hydrogen-bond donors (Lipinski definition) is 3. The van der Waals surface area contributed by atoms with E-state index < -0.39 is 17.7 Å². The molecular formula is C33H45N5O4. The number of piperidine rings is 1. The maximum atomic E-state index is 13.8. The third kappa shape index (κ3) is 6.68. The third-order valence-electron chi connectivity index (χ3n) is 9.43. The van der Waals surface area contributed by atoms with E-state index in [1.54, 1.807) is 6.20 Å². The van der Waals surface area contributed by atoms with Crippen molar-refractivity contribution in [1.82, 2.24) is 25.4 Å². The van der Waals surface area contributed by atoms with E-state index in [1.807, 2.05) is 47.4 Å². The maximum Gasteiger partial charge on any atom is 0.251 e. The number of pyridine rings is 1. The van der Waals surface area contributed by atoms with E-state index >= 15 is 0 Å². The number of piperazine rings is 1. The number of nitrogens with zero attached hydrogens (tertiary/aromatic N) is 3. The number of aliphatic hydroxyl groups is 1. The topological polar surface area (TPSA) is 115 Å². The number of aliphatic hydroxyl groups excluding tert-OH is 1. The fraction of sp³-hybridized carbons (Fsp3) is 0.576. The number of amides is 3. The molecule has 0 radical (unpaired) electrons. The lowest BCUT2D eigenvalue weighted by Gasteiger charge is -2.52. The standard InChI is InChI=1S/C33H45N5O4/c1-2-3-19-38-31(41)28(29(39)25-9-5-4-6-10-25)36-32(42)33(38)16-20-37(21-17-33)23-24-12-14-26(15-13-24)30(40)35-22-27-11-7-8-18-34-27/h7-8,11-15,18,25,28-29,39H,2-6,9-10,16-17,19-23H2,1H3,(H,35,40)(H,36,42)/t28-,29-/m1/s1. The van der Waals surface area contributed by atoms with Gasteiger partial charge >= 0.3 is 0 Å². The fourth-order valence-electron chi connectivity index (χ4n) is 6.83. The van der Waals surface area contributed by atoms with Gasteiger partial charge in [-0.25, -0.2) is 0 Å². The molecule has 226 valence electrons. The average molecular weight is 576 g/mol. The highest BCUT2D eigenvalue weighted by atomic mass is 16.3. The Kier molecular flexibility index (Phi) is 9.90. The molecule has 2 aromatic rings. The Morgan fingerprint density at radius 2 is 1.83 bits per heavy atom. The van der Waals surface area contributed by atoms with E-state index in [0.29, 0.717) is 51.1 Å². The predicted molar refractivity (Wildman–Crippen MR) is 160 cm³/mol. The molecule has 1 spiro atoms. The number of carbonyl (C=O) groups excluding carboxylic acids is 3. The minimum Gasteiger partial charge on any atom is -0.390 e. The summed E-state index contributed by atoms with van der Waals surface area (Å²) in [7, 11) is 0. The Labute approximate surface area is 249 Å². The summed E-state index contributed by atoms with van der Waals surface area (Å²) in [6.45, 7) is 5.09. The SMILES string of the molecule is CCCCN1C(=O)[C@@H]([C@H](O)C2CCCCC2)NC(=O)C12CCN(Cc1ccc(C(=O)NCc3ccccn3)cc1)CC2. The first-order valence-corrected chi connectivity index (χ1v) is 15.7. The van der Waals surface area contributed by atoms with Crippen molar-refractivity contribution in [3.63, 3.8) is 0 Å². The number of rotatable bonds is 10. The van der Waals surface area contributed by atoms with E-state index in [-0.39, 0.29) is 23.6 Å². The van der Waals surface area contributed by atoms with Crippen LogP contribution in [0.2, 0.25) is 0 Å². The highest BCUT2D eigenvalue weighted by Gasteiger charge is 2.55. The van der Waals surface area contributed by atoms with Gasteiger partial charge in [-0.1, -0.05) is 50.8 Å². The number of benzene rings is 1. The van der Waals surface area contributed by atoms with E-state index in [1.165, 1.54) is 6.42 Å². The lowest BCUT2D eigenvalue weighted by Crippen LogP contribution is -2.75. The molecule has 3 fully saturated rings. The van der Waals surface area contributed by atoms with Crippen LogP contribution >= 0.6 is 0 Å². The van der Waals surface area contributed by atoms with Gasteiger partial charge in [0, 0.05) is 37.9 Å². The van der Waals surface area contributed by atoms with Crippen molar-refractivity contribution in [2.24, 2.45) is 5.92 Å². The van der Waals surface area contributed by atoms with Crippen molar-refractivity contribution in [2.75, 3.05) is 19.6 Å². The summed E-state index contributed by atoms with van der Waals surface area (Å²) in [4.78, 5) is 48.5. The summed E-state index contributed by atoms with van der Waals surface area (Å²) in [6, 6.07) is 12.4. The summed E-state index contributed by atoms with van der Waals surface area (Å²) in [6.07, 6.45) is 8.89. The van der Waals surface area contributed by atoms with E-state index in [4.69, 9.17) is 0 Å². The van der Waals surface area contributed by atoms with Crippen LogP contribution < -0.4 is 10.6 Å². The number of nitrogens with one attached hydrogen (secondary N) is 2. The second-order valence-electron chi connectivity index (χ2n) is 12.2. The van der Waals surface area contributed by atoms with Crippen molar-refractivity contribution in [3.8, 4) is 0 Å². The molecule has 1 aliphatic carbocycles. The average Bonchev–Trinajstić information content (AvgIpc) is 3.03. The Hall–Kier alpha value is -3.30. The van der Waals surface area contributed by atoms with Crippen LogP contribution in [0.1, 0.15) is 86.3 Å². The monoisotopic (exact) mass is 575 g/mol. The number of carbonyl (C=O) groups is 3. The minimum atomic E-state index is -0.860. The van der Waals surface area contributed by atoms with Crippen LogP contribution in [0.5, 0.6) is 0 Å². The molecule has 2 aliphatic heterocycles. The Balaban J connectivity index is 1.18. The van der Waals surface area contributed by atoms with Crippen LogP contribution in [0, 0.1) is 5.92 Å². The van der Waals surface area contributed by atoms with Crippen molar-refractivity contribution < 1.29 is 19.5 Å². The molecule has 3 heterocycles. The highest BCUT2D eigenvalue weighted by Crippen LogP contribution is 2.36. The minimum absolute atomic E-state index is 0.0651. The van der Waals surface area contributed by atoms with Gasteiger partial charge in [0.2, 0.25) is 11.8 Å². The van der Waals surface area contributed by atoms with Crippen molar-refractivity contribution in [3.05, 3.63) is 65.5 Å². The zero-order valence-corrected chi connectivity index (χ0v) is 24.8. The van der Waals surface area contributed by atoms with Gasteiger partial charge in [0.05, 0.1) is 18.3 Å². The number of hydrogen-bond acceptors (Lipinski definition) is 6. The van der Waals surface area contributed by atoms with Crippen LogP contribution in [0.25, 0.3) is 0 Å². The first kappa shape index (κ1) is 30.2. The predicted octanol–water partition coefficient (Wildman–Crippen LogP) is 3.41. The number of unbranched alkanes of at least 4 members (excludes halogenated alkanes) is 1.